The molecule has 0 saturated carbocycles. The number of nitrogens with one attached hydrogen (secondary N) is 1. The normalized spacial score (nSPS) is 11.5. The highest BCUT2D eigenvalue weighted by atomic mass is 19.4. The summed E-state index contributed by atoms with van der Waals surface area (Å²) in [4.78, 5) is 11.8. The van der Waals surface area contributed by atoms with Crippen LogP contribution in [0.15, 0.2) is 48.5 Å². The number of carbonyl (C=O) groups is 1. The van der Waals surface area contributed by atoms with Crippen LogP contribution < -0.4 is 10.1 Å². The second-order valence-electron chi connectivity index (χ2n) is 4.90. The van der Waals surface area contributed by atoms with Crippen molar-refractivity contribution in [2.24, 2.45) is 0 Å². The summed E-state index contributed by atoms with van der Waals surface area (Å²) in [7, 11) is 0. The minimum Gasteiger partial charge on any atom is -0.406 e. The Morgan fingerprint density at radius 2 is 1.79 bits per heavy atom. The molecule has 0 bridgehead atoms. The maximum atomic E-state index is 13.0. The second-order valence-corrected chi connectivity index (χ2v) is 4.90. The molecular weight excluding hydrogens is 326 g/mol. The van der Waals surface area contributed by atoms with Crippen LogP contribution in [0.25, 0.3) is 6.08 Å². The van der Waals surface area contributed by atoms with E-state index < -0.39 is 18.1 Å². The van der Waals surface area contributed by atoms with Gasteiger partial charge in [0.25, 0.3) is 0 Å². The van der Waals surface area contributed by atoms with E-state index >= 15 is 0 Å². The average molecular weight is 339 g/mol. The van der Waals surface area contributed by atoms with Gasteiger partial charge in [-0.05, 0) is 54.5 Å². The summed E-state index contributed by atoms with van der Waals surface area (Å²) in [5.41, 5.74) is 1.57. The van der Waals surface area contributed by atoms with Crippen LogP contribution in [0.5, 0.6) is 5.75 Å². The van der Waals surface area contributed by atoms with E-state index in [1.165, 1.54) is 42.5 Å². The van der Waals surface area contributed by atoms with Gasteiger partial charge in [-0.3, -0.25) is 4.79 Å². The number of ether oxygens (including phenoxy) is 1. The first-order chi connectivity index (χ1) is 11.2. The number of benzene rings is 2. The van der Waals surface area contributed by atoms with Crippen molar-refractivity contribution in [3.63, 3.8) is 0 Å². The summed E-state index contributed by atoms with van der Waals surface area (Å²) in [6, 6.07) is 9.02. The summed E-state index contributed by atoms with van der Waals surface area (Å²) in [5.74, 6) is -1.19. The maximum absolute atomic E-state index is 13.0. The number of anilines is 1. The van der Waals surface area contributed by atoms with Gasteiger partial charge in [-0.25, -0.2) is 4.39 Å². The van der Waals surface area contributed by atoms with Gasteiger partial charge in [-0.1, -0.05) is 12.1 Å². The van der Waals surface area contributed by atoms with E-state index in [4.69, 9.17) is 0 Å². The fourth-order valence-corrected chi connectivity index (χ4v) is 1.89. The molecule has 1 amide bonds. The number of rotatable bonds is 4. The van der Waals surface area contributed by atoms with Crippen LogP contribution in [0, 0.1) is 12.7 Å². The van der Waals surface area contributed by atoms with Crippen molar-refractivity contribution in [2.45, 2.75) is 13.3 Å². The molecule has 0 aliphatic carbocycles. The molecule has 0 spiro atoms. The zero-order valence-corrected chi connectivity index (χ0v) is 12.5. The smallest absolute Gasteiger partial charge is 0.406 e. The molecule has 0 aromatic heterocycles. The van der Waals surface area contributed by atoms with Gasteiger partial charge >= 0.3 is 6.36 Å². The number of alkyl halides is 3. The Morgan fingerprint density at radius 3 is 2.38 bits per heavy atom. The lowest BCUT2D eigenvalue weighted by Gasteiger charge is -2.08. The molecule has 0 atom stereocenters. The van der Waals surface area contributed by atoms with Crippen molar-refractivity contribution in [2.75, 3.05) is 5.32 Å². The van der Waals surface area contributed by atoms with Gasteiger partial charge in [0, 0.05) is 11.8 Å². The molecule has 24 heavy (non-hydrogen) atoms. The summed E-state index contributed by atoms with van der Waals surface area (Å²) in [6.45, 7) is 1.65. The van der Waals surface area contributed by atoms with E-state index in [1.54, 1.807) is 6.92 Å². The highest BCUT2D eigenvalue weighted by Gasteiger charge is 2.30. The molecule has 0 heterocycles. The summed E-state index contributed by atoms with van der Waals surface area (Å²) >= 11 is 0. The maximum Gasteiger partial charge on any atom is 0.573 e. The molecule has 0 unspecified atom stereocenters. The van der Waals surface area contributed by atoms with E-state index in [0.29, 0.717) is 16.8 Å². The van der Waals surface area contributed by atoms with Crippen molar-refractivity contribution >= 4 is 17.7 Å². The standard InChI is InChI=1S/C17H13F4NO2/c1-11-10-13(18)5-8-15(11)22-16(23)9-4-12-2-6-14(7-3-12)24-17(19,20)21/h2-10H,1H3,(H,22,23)/b9-4+. The first kappa shape index (κ1) is 17.5. The second kappa shape index (κ2) is 7.16. The van der Waals surface area contributed by atoms with Crippen LogP contribution in [-0.2, 0) is 4.79 Å². The van der Waals surface area contributed by atoms with E-state index in [2.05, 4.69) is 10.1 Å². The Morgan fingerprint density at radius 1 is 1.12 bits per heavy atom. The van der Waals surface area contributed by atoms with E-state index in [1.807, 2.05) is 0 Å². The van der Waals surface area contributed by atoms with Gasteiger partial charge in [0.1, 0.15) is 11.6 Å². The van der Waals surface area contributed by atoms with Crippen LogP contribution in [0.3, 0.4) is 0 Å². The SMILES string of the molecule is Cc1cc(F)ccc1NC(=O)/C=C/c1ccc(OC(F)(F)F)cc1. The molecule has 0 aliphatic heterocycles. The first-order valence-corrected chi connectivity index (χ1v) is 6.84. The van der Waals surface area contributed by atoms with Gasteiger partial charge in [-0.2, -0.15) is 0 Å². The van der Waals surface area contributed by atoms with Crippen LogP contribution in [0.4, 0.5) is 23.2 Å². The third kappa shape index (κ3) is 5.42. The van der Waals surface area contributed by atoms with Crippen LogP contribution in [-0.4, -0.2) is 12.3 Å². The zero-order valence-electron chi connectivity index (χ0n) is 12.5. The quantitative estimate of drug-likeness (QED) is 0.648. The van der Waals surface area contributed by atoms with Crippen molar-refractivity contribution < 1.29 is 27.1 Å². The van der Waals surface area contributed by atoms with Crippen molar-refractivity contribution in [1.29, 1.82) is 0 Å². The number of carbonyl (C=O) groups excluding carboxylic acids is 1. The Kier molecular flexibility index (Phi) is 5.23. The first-order valence-electron chi connectivity index (χ1n) is 6.84. The summed E-state index contributed by atoms with van der Waals surface area (Å²) < 4.78 is 52.9. The highest BCUT2D eigenvalue weighted by molar-refractivity contribution is 6.02. The van der Waals surface area contributed by atoms with E-state index in [-0.39, 0.29) is 5.75 Å². The summed E-state index contributed by atoms with van der Waals surface area (Å²) in [6.07, 6.45) is -2.09. The van der Waals surface area contributed by atoms with Gasteiger partial charge < -0.3 is 10.1 Å². The van der Waals surface area contributed by atoms with Gasteiger partial charge in [0.15, 0.2) is 0 Å². The van der Waals surface area contributed by atoms with E-state index in [0.717, 1.165) is 12.1 Å². The number of hydrogen-bond acceptors (Lipinski definition) is 2. The minimum absolute atomic E-state index is 0.342. The molecular formula is C17H13F4NO2. The number of aryl methyl sites for hydroxylation is 1. The monoisotopic (exact) mass is 339 g/mol. The van der Waals surface area contributed by atoms with Crippen LogP contribution in [0.2, 0.25) is 0 Å². The topological polar surface area (TPSA) is 38.3 Å². The van der Waals surface area contributed by atoms with Crippen molar-refractivity contribution in [3.05, 3.63) is 65.5 Å². The van der Waals surface area contributed by atoms with Crippen molar-refractivity contribution in [1.82, 2.24) is 0 Å². The largest absolute Gasteiger partial charge is 0.573 e. The Hall–Kier alpha value is -2.83. The fraction of sp³-hybridized carbons (Fsp3) is 0.118. The minimum atomic E-state index is -4.75. The molecule has 1 N–H and O–H groups in total. The van der Waals surface area contributed by atoms with Gasteiger partial charge in [0.05, 0.1) is 0 Å². The predicted octanol–water partition coefficient (Wildman–Crippen LogP) is 4.68. The van der Waals surface area contributed by atoms with Gasteiger partial charge in [-0.15, -0.1) is 13.2 Å². The lowest BCUT2D eigenvalue weighted by Crippen LogP contribution is -2.16. The Bertz CT molecular complexity index is 752. The molecule has 0 saturated heterocycles. The average Bonchev–Trinajstić information content (AvgIpc) is 2.48. The lowest BCUT2D eigenvalue weighted by atomic mass is 10.2. The third-order valence-electron chi connectivity index (χ3n) is 2.99. The number of amides is 1. The Labute approximate surface area is 135 Å². The van der Waals surface area contributed by atoms with Crippen LogP contribution >= 0.6 is 0 Å². The molecule has 2 aromatic carbocycles. The highest BCUT2D eigenvalue weighted by Crippen LogP contribution is 2.23. The molecule has 126 valence electrons. The Balaban J connectivity index is 1.98. The molecule has 0 radical (unpaired) electrons. The summed E-state index contributed by atoms with van der Waals surface area (Å²) in [5, 5.41) is 2.58. The van der Waals surface area contributed by atoms with E-state index in [9.17, 15) is 22.4 Å². The molecule has 0 fully saturated rings. The molecule has 2 rings (SSSR count). The van der Waals surface area contributed by atoms with Crippen molar-refractivity contribution in [3.8, 4) is 5.75 Å². The predicted molar refractivity (Wildman–Crippen MR) is 81.9 cm³/mol. The number of hydrogen-bond donors (Lipinski definition) is 1. The lowest BCUT2D eigenvalue weighted by molar-refractivity contribution is -0.274. The number of halogens is 4. The van der Waals surface area contributed by atoms with Crippen LogP contribution in [0.1, 0.15) is 11.1 Å². The van der Waals surface area contributed by atoms with Gasteiger partial charge in [0.2, 0.25) is 5.91 Å². The molecule has 0 aliphatic rings. The molecule has 2 aromatic rings. The molecule has 3 nitrogen and oxygen atoms in total. The molecule has 7 heteroatoms. The fourth-order valence-electron chi connectivity index (χ4n) is 1.89. The third-order valence-corrected chi connectivity index (χ3v) is 2.99. The zero-order chi connectivity index (χ0) is 17.7.